The summed E-state index contributed by atoms with van der Waals surface area (Å²) in [6.07, 6.45) is 4.32. The van der Waals surface area contributed by atoms with Crippen LogP contribution in [0.2, 0.25) is 0 Å². The van der Waals surface area contributed by atoms with E-state index in [9.17, 15) is 16.8 Å². The molecule has 0 unspecified atom stereocenters. The van der Waals surface area contributed by atoms with Crippen molar-refractivity contribution in [2.75, 3.05) is 11.5 Å². The standard InChI is InChI=1S/C22H20N2O4S4/c25-31(26,19-11-3-7-17-9-5-13-23-21(17)19)29-15-1-2-16-30-32(27,28)20-12-4-8-18-10-6-14-24-22(18)20/h3-14H,1-2,15-16H2. The Hall–Kier alpha value is -2.14. The maximum atomic E-state index is 12.8. The number of pyridine rings is 2. The molecule has 0 amide bonds. The van der Waals surface area contributed by atoms with Crippen LogP contribution in [0.15, 0.2) is 82.8 Å². The fourth-order valence-electron chi connectivity index (χ4n) is 3.22. The van der Waals surface area contributed by atoms with E-state index in [1.54, 1.807) is 48.8 Å². The van der Waals surface area contributed by atoms with Gasteiger partial charge in [0, 0.05) is 34.7 Å². The van der Waals surface area contributed by atoms with Crippen LogP contribution in [0.5, 0.6) is 0 Å². The summed E-state index contributed by atoms with van der Waals surface area (Å²) in [7, 11) is -5.37. The van der Waals surface area contributed by atoms with Gasteiger partial charge in [-0.05, 0) is 58.7 Å². The summed E-state index contributed by atoms with van der Waals surface area (Å²) in [6.45, 7) is 0. The smallest absolute Gasteiger partial charge is 0.232 e. The van der Waals surface area contributed by atoms with Crippen LogP contribution >= 0.6 is 21.6 Å². The Morgan fingerprint density at radius 2 is 1.00 bits per heavy atom. The number of aromatic nitrogens is 2. The zero-order valence-electron chi connectivity index (χ0n) is 16.9. The molecule has 2 aromatic heterocycles. The number of hydrogen-bond donors (Lipinski definition) is 0. The second-order valence-electron chi connectivity index (χ2n) is 6.92. The second-order valence-corrected chi connectivity index (χ2v) is 15.0. The predicted molar refractivity (Wildman–Crippen MR) is 132 cm³/mol. The van der Waals surface area contributed by atoms with Crippen molar-refractivity contribution in [1.82, 2.24) is 9.97 Å². The van der Waals surface area contributed by atoms with Crippen molar-refractivity contribution < 1.29 is 16.8 Å². The summed E-state index contributed by atoms with van der Waals surface area (Å²) < 4.78 is 51.1. The van der Waals surface area contributed by atoms with E-state index in [2.05, 4.69) is 9.97 Å². The first-order valence-electron chi connectivity index (χ1n) is 9.85. The number of rotatable bonds is 9. The number of unbranched alkanes of at least 4 members (excludes halogenated alkanes) is 1. The van der Waals surface area contributed by atoms with Crippen LogP contribution in [-0.4, -0.2) is 38.3 Å². The predicted octanol–water partition coefficient (Wildman–Crippen LogP) is 5.11. The molecule has 6 nitrogen and oxygen atoms in total. The topological polar surface area (TPSA) is 94.1 Å². The van der Waals surface area contributed by atoms with Crippen molar-refractivity contribution in [2.45, 2.75) is 22.6 Å². The van der Waals surface area contributed by atoms with E-state index in [0.29, 0.717) is 35.4 Å². The molecule has 166 valence electrons. The number of fused-ring (bicyclic) bond motifs is 2. The fraction of sp³-hybridized carbons (Fsp3) is 0.182. The largest absolute Gasteiger partial charge is 0.255 e. The zero-order chi connectivity index (χ0) is 22.6. The summed E-state index contributed by atoms with van der Waals surface area (Å²) in [5.41, 5.74) is 0.931. The van der Waals surface area contributed by atoms with E-state index in [-0.39, 0.29) is 9.79 Å². The van der Waals surface area contributed by atoms with Crippen LogP contribution in [0, 0.1) is 0 Å². The lowest BCUT2D eigenvalue weighted by Gasteiger charge is -2.08. The molecular weight excluding hydrogens is 485 g/mol. The normalized spacial score (nSPS) is 12.4. The van der Waals surface area contributed by atoms with E-state index >= 15 is 0 Å². The molecule has 0 atom stereocenters. The summed E-state index contributed by atoms with van der Waals surface area (Å²) >= 11 is 0. The molecule has 0 bridgehead atoms. The van der Waals surface area contributed by atoms with Crippen LogP contribution < -0.4 is 0 Å². The van der Waals surface area contributed by atoms with E-state index in [0.717, 1.165) is 32.4 Å². The number of hydrogen-bond acceptors (Lipinski definition) is 8. The molecule has 0 aliphatic heterocycles. The zero-order valence-corrected chi connectivity index (χ0v) is 20.2. The van der Waals surface area contributed by atoms with Crippen molar-refractivity contribution in [3.63, 3.8) is 0 Å². The Labute approximate surface area is 194 Å². The molecule has 0 radical (unpaired) electrons. The molecule has 2 heterocycles. The van der Waals surface area contributed by atoms with Crippen LogP contribution in [0.1, 0.15) is 12.8 Å². The first kappa shape index (κ1) is 23.0. The van der Waals surface area contributed by atoms with Gasteiger partial charge in [-0.3, -0.25) is 9.97 Å². The van der Waals surface area contributed by atoms with Gasteiger partial charge in [0.2, 0.25) is 17.7 Å². The summed E-state index contributed by atoms with van der Waals surface area (Å²) in [5, 5.41) is 1.55. The van der Waals surface area contributed by atoms with Gasteiger partial charge < -0.3 is 0 Å². The first-order valence-corrected chi connectivity index (χ1v) is 15.8. The highest BCUT2D eigenvalue weighted by molar-refractivity contribution is 8.72. The van der Waals surface area contributed by atoms with E-state index in [4.69, 9.17) is 0 Å². The van der Waals surface area contributed by atoms with Crippen molar-refractivity contribution >= 4 is 61.1 Å². The molecule has 0 N–H and O–H groups in total. The molecular formula is C22H20N2O4S4. The van der Waals surface area contributed by atoms with Gasteiger partial charge in [-0.25, -0.2) is 16.8 Å². The molecule has 0 aliphatic rings. The molecule has 0 spiro atoms. The quantitative estimate of drug-likeness (QED) is 0.229. The lowest BCUT2D eigenvalue weighted by molar-refractivity contribution is 0.609. The van der Waals surface area contributed by atoms with Crippen LogP contribution in [0.4, 0.5) is 0 Å². The van der Waals surface area contributed by atoms with Gasteiger partial charge in [-0.1, -0.05) is 36.4 Å². The van der Waals surface area contributed by atoms with Gasteiger partial charge in [0.05, 0.1) is 11.0 Å². The minimum atomic E-state index is -3.55. The summed E-state index contributed by atoms with van der Waals surface area (Å²) in [5.74, 6) is 0.754. The Bertz CT molecular complexity index is 1350. The van der Waals surface area contributed by atoms with Crippen molar-refractivity contribution in [1.29, 1.82) is 0 Å². The number of benzene rings is 2. The number of para-hydroxylation sites is 2. The maximum Gasteiger partial charge on any atom is 0.232 e. The van der Waals surface area contributed by atoms with Crippen molar-refractivity contribution in [2.24, 2.45) is 0 Å². The molecule has 4 aromatic rings. The lowest BCUT2D eigenvalue weighted by Crippen LogP contribution is -2.01. The Morgan fingerprint density at radius 3 is 1.44 bits per heavy atom. The highest BCUT2D eigenvalue weighted by Gasteiger charge is 2.20. The second kappa shape index (κ2) is 9.78. The highest BCUT2D eigenvalue weighted by atomic mass is 33.1. The summed E-state index contributed by atoms with van der Waals surface area (Å²) in [4.78, 5) is 8.85. The average Bonchev–Trinajstić information content (AvgIpc) is 2.80. The molecule has 32 heavy (non-hydrogen) atoms. The third-order valence-electron chi connectivity index (χ3n) is 4.75. The Balaban J connectivity index is 1.33. The SMILES string of the molecule is O=S(=O)(SCCCCSS(=O)(=O)c1cccc2cccnc12)c1cccc2cccnc12. The van der Waals surface area contributed by atoms with Gasteiger partial charge in [0.1, 0.15) is 9.79 Å². The summed E-state index contributed by atoms with van der Waals surface area (Å²) in [6, 6.07) is 17.4. The van der Waals surface area contributed by atoms with Crippen molar-refractivity contribution in [3.8, 4) is 0 Å². The average molecular weight is 505 g/mol. The third-order valence-corrected chi connectivity index (χ3v) is 12.0. The molecule has 2 aromatic carbocycles. The lowest BCUT2D eigenvalue weighted by atomic mass is 10.2. The minimum Gasteiger partial charge on any atom is -0.255 e. The van der Waals surface area contributed by atoms with Crippen LogP contribution in [0.3, 0.4) is 0 Å². The van der Waals surface area contributed by atoms with Gasteiger partial charge in [0.15, 0.2) is 0 Å². The Kier molecular flexibility index (Phi) is 7.04. The minimum absolute atomic E-state index is 0.209. The van der Waals surface area contributed by atoms with E-state index in [1.165, 1.54) is 0 Å². The first-order chi connectivity index (χ1) is 15.4. The van der Waals surface area contributed by atoms with Crippen LogP contribution in [-0.2, 0) is 17.7 Å². The van der Waals surface area contributed by atoms with Gasteiger partial charge >= 0.3 is 0 Å². The van der Waals surface area contributed by atoms with E-state index < -0.39 is 17.7 Å². The Morgan fingerprint density at radius 1 is 0.594 bits per heavy atom. The van der Waals surface area contributed by atoms with E-state index in [1.807, 2.05) is 24.3 Å². The molecule has 10 heteroatoms. The maximum absolute atomic E-state index is 12.8. The monoisotopic (exact) mass is 504 g/mol. The molecule has 4 rings (SSSR count). The molecule has 0 aliphatic carbocycles. The molecule has 0 saturated heterocycles. The number of nitrogens with zero attached hydrogens (tertiary/aromatic N) is 2. The molecule has 0 saturated carbocycles. The van der Waals surface area contributed by atoms with Gasteiger partial charge in [-0.2, -0.15) is 0 Å². The third kappa shape index (κ3) is 5.09. The van der Waals surface area contributed by atoms with Crippen molar-refractivity contribution in [3.05, 3.63) is 73.1 Å². The highest BCUT2D eigenvalue weighted by Crippen LogP contribution is 2.31. The van der Waals surface area contributed by atoms with Gasteiger partial charge in [-0.15, -0.1) is 0 Å². The van der Waals surface area contributed by atoms with Gasteiger partial charge in [0.25, 0.3) is 0 Å². The fourth-order valence-corrected chi connectivity index (χ4v) is 9.46. The van der Waals surface area contributed by atoms with Crippen LogP contribution in [0.25, 0.3) is 21.8 Å². The molecule has 0 fully saturated rings.